The van der Waals surface area contributed by atoms with Gasteiger partial charge >= 0.3 is 0 Å². The Bertz CT molecular complexity index is 1250. The van der Waals surface area contributed by atoms with E-state index in [0.717, 1.165) is 39.1 Å². The maximum absolute atomic E-state index is 12.4. The number of nitrogens with zero attached hydrogens (tertiary/aromatic N) is 4. The predicted octanol–water partition coefficient (Wildman–Crippen LogP) is 4.80. The molecule has 1 N–H and O–H groups in total. The molecule has 2 aromatic carbocycles. The van der Waals surface area contributed by atoms with Crippen LogP contribution in [0.1, 0.15) is 22.5 Å². The Morgan fingerprint density at radius 2 is 1.81 bits per heavy atom. The van der Waals surface area contributed by atoms with Gasteiger partial charge in [-0.2, -0.15) is 10.2 Å². The Morgan fingerprint density at radius 3 is 2.55 bits per heavy atom. The van der Waals surface area contributed by atoms with Crippen molar-refractivity contribution in [1.29, 1.82) is 0 Å². The molecule has 4 aromatic rings. The third-order valence-corrected chi connectivity index (χ3v) is 6.33. The molecule has 0 fully saturated rings. The number of nitrogens with one attached hydrogen (secondary N) is 1. The van der Waals surface area contributed by atoms with E-state index in [2.05, 4.69) is 15.5 Å². The summed E-state index contributed by atoms with van der Waals surface area (Å²) in [4.78, 5) is 12.4. The van der Waals surface area contributed by atoms with E-state index in [9.17, 15) is 4.79 Å². The SMILES string of the molecule is Cc1ccccc1CNC(=O)CSc1nnc(C)c2c(C)n(-c3ccc(Cl)cc3)nc12. The molecular formula is C23H22ClN5OS. The summed E-state index contributed by atoms with van der Waals surface area (Å²) in [5, 5.41) is 18.6. The van der Waals surface area contributed by atoms with E-state index in [0.29, 0.717) is 16.6 Å². The molecule has 2 heterocycles. The van der Waals surface area contributed by atoms with Crippen LogP contribution in [0.4, 0.5) is 0 Å². The van der Waals surface area contributed by atoms with Crippen LogP contribution >= 0.6 is 23.4 Å². The topological polar surface area (TPSA) is 72.7 Å². The highest BCUT2D eigenvalue weighted by molar-refractivity contribution is 8.00. The second-order valence-electron chi connectivity index (χ2n) is 7.28. The summed E-state index contributed by atoms with van der Waals surface area (Å²) in [5.74, 6) is 0.184. The van der Waals surface area contributed by atoms with Gasteiger partial charge in [0.25, 0.3) is 0 Å². The zero-order chi connectivity index (χ0) is 22.0. The lowest BCUT2D eigenvalue weighted by atomic mass is 10.1. The molecule has 0 saturated carbocycles. The number of aromatic nitrogens is 4. The van der Waals surface area contributed by atoms with E-state index in [4.69, 9.17) is 16.7 Å². The zero-order valence-electron chi connectivity index (χ0n) is 17.5. The van der Waals surface area contributed by atoms with Crippen molar-refractivity contribution in [1.82, 2.24) is 25.3 Å². The van der Waals surface area contributed by atoms with Gasteiger partial charge in [0.15, 0.2) is 0 Å². The van der Waals surface area contributed by atoms with Crippen molar-refractivity contribution in [2.45, 2.75) is 32.3 Å². The first kappa shape index (κ1) is 21.3. The van der Waals surface area contributed by atoms with Gasteiger partial charge in [0.2, 0.25) is 5.91 Å². The van der Waals surface area contributed by atoms with Gasteiger partial charge in [0.05, 0.1) is 22.8 Å². The van der Waals surface area contributed by atoms with Crippen molar-refractivity contribution < 1.29 is 4.79 Å². The summed E-state index contributed by atoms with van der Waals surface area (Å²) < 4.78 is 1.86. The number of rotatable bonds is 6. The fourth-order valence-electron chi connectivity index (χ4n) is 3.42. The largest absolute Gasteiger partial charge is 0.351 e. The maximum atomic E-state index is 12.4. The zero-order valence-corrected chi connectivity index (χ0v) is 19.1. The highest BCUT2D eigenvalue weighted by Crippen LogP contribution is 2.30. The number of benzene rings is 2. The van der Waals surface area contributed by atoms with Crippen molar-refractivity contribution in [3.8, 4) is 5.69 Å². The highest BCUT2D eigenvalue weighted by atomic mass is 35.5. The van der Waals surface area contributed by atoms with Gasteiger partial charge in [-0.15, -0.1) is 5.10 Å². The molecule has 0 bridgehead atoms. The molecule has 8 heteroatoms. The molecule has 0 saturated heterocycles. The van der Waals surface area contributed by atoms with Crippen LogP contribution in [0, 0.1) is 20.8 Å². The number of amides is 1. The number of fused-ring (bicyclic) bond motifs is 1. The molecule has 6 nitrogen and oxygen atoms in total. The van der Waals surface area contributed by atoms with Crippen LogP contribution in [-0.4, -0.2) is 31.6 Å². The Balaban J connectivity index is 1.53. The average molecular weight is 452 g/mol. The normalized spacial score (nSPS) is 11.1. The van der Waals surface area contributed by atoms with E-state index in [1.807, 2.05) is 74.0 Å². The van der Waals surface area contributed by atoms with E-state index >= 15 is 0 Å². The molecule has 31 heavy (non-hydrogen) atoms. The van der Waals surface area contributed by atoms with E-state index < -0.39 is 0 Å². The first-order valence-electron chi connectivity index (χ1n) is 9.86. The summed E-state index contributed by atoms with van der Waals surface area (Å²) >= 11 is 7.36. The van der Waals surface area contributed by atoms with Gasteiger partial charge in [-0.1, -0.05) is 47.6 Å². The van der Waals surface area contributed by atoms with Crippen LogP contribution in [0.5, 0.6) is 0 Å². The van der Waals surface area contributed by atoms with Crippen LogP contribution in [0.3, 0.4) is 0 Å². The van der Waals surface area contributed by atoms with Gasteiger partial charge in [0, 0.05) is 17.0 Å². The monoisotopic (exact) mass is 451 g/mol. The number of hydrogen-bond acceptors (Lipinski definition) is 5. The smallest absolute Gasteiger partial charge is 0.230 e. The van der Waals surface area contributed by atoms with Crippen molar-refractivity contribution in [3.63, 3.8) is 0 Å². The molecule has 158 valence electrons. The standard InChI is InChI=1S/C23H22ClN5OS/c1-14-6-4-5-7-17(14)12-25-20(30)13-31-23-22-21(15(2)26-27-23)16(3)29(28-22)19-10-8-18(24)9-11-19/h4-11H,12-13H2,1-3H3,(H,25,30). The third kappa shape index (κ3) is 4.57. The van der Waals surface area contributed by atoms with Crippen molar-refractivity contribution in [2.24, 2.45) is 0 Å². The number of carbonyl (C=O) groups is 1. The molecular weight excluding hydrogens is 430 g/mol. The third-order valence-electron chi connectivity index (χ3n) is 5.12. The number of carbonyl (C=O) groups excluding carboxylic acids is 1. The number of aryl methyl sites for hydroxylation is 3. The van der Waals surface area contributed by atoms with Gasteiger partial charge in [0.1, 0.15) is 10.5 Å². The molecule has 0 aliphatic carbocycles. The van der Waals surface area contributed by atoms with Crippen LogP contribution < -0.4 is 5.32 Å². The Morgan fingerprint density at radius 1 is 1.06 bits per heavy atom. The van der Waals surface area contributed by atoms with Gasteiger partial charge in [-0.3, -0.25) is 4.79 Å². The summed E-state index contributed by atoms with van der Waals surface area (Å²) in [7, 11) is 0. The van der Waals surface area contributed by atoms with Crippen molar-refractivity contribution in [2.75, 3.05) is 5.75 Å². The quantitative estimate of drug-likeness (QED) is 0.426. The molecule has 0 unspecified atom stereocenters. The minimum absolute atomic E-state index is 0.0577. The lowest BCUT2D eigenvalue weighted by molar-refractivity contribution is -0.118. The predicted molar refractivity (Wildman–Crippen MR) is 125 cm³/mol. The highest BCUT2D eigenvalue weighted by Gasteiger charge is 2.18. The lowest BCUT2D eigenvalue weighted by Crippen LogP contribution is -2.25. The summed E-state index contributed by atoms with van der Waals surface area (Å²) in [6.07, 6.45) is 0. The Kier molecular flexibility index (Phi) is 6.25. The van der Waals surface area contributed by atoms with Crippen LogP contribution in [0.2, 0.25) is 5.02 Å². The number of thioether (sulfide) groups is 1. The Labute approximate surface area is 190 Å². The molecule has 0 spiro atoms. The number of hydrogen-bond donors (Lipinski definition) is 1. The minimum atomic E-state index is -0.0577. The molecule has 0 radical (unpaired) electrons. The van der Waals surface area contributed by atoms with Crippen LogP contribution in [-0.2, 0) is 11.3 Å². The molecule has 0 aliphatic rings. The van der Waals surface area contributed by atoms with Crippen molar-refractivity contribution >= 4 is 40.2 Å². The Hall–Kier alpha value is -2.90. The van der Waals surface area contributed by atoms with Crippen molar-refractivity contribution in [3.05, 3.63) is 76.1 Å². The fourth-order valence-corrected chi connectivity index (χ4v) is 4.30. The summed E-state index contributed by atoms with van der Waals surface area (Å²) in [6, 6.07) is 15.5. The van der Waals surface area contributed by atoms with Gasteiger partial charge in [-0.25, -0.2) is 4.68 Å². The second kappa shape index (κ2) is 9.08. The minimum Gasteiger partial charge on any atom is -0.351 e. The summed E-state index contributed by atoms with van der Waals surface area (Å²) in [6.45, 7) is 6.46. The van der Waals surface area contributed by atoms with E-state index in [1.165, 1.54) is 11.8 Å². The van der Waals surface area contributed by atoms with Crippen LogP contribution in [0.25, 0.3) is 16.6 Å². The first-order valence-corrected chi connectivity index (χ1v) is 11.2. The molecule has 2 aromatic heterocycles. The summed E-state index contributed by atoms with van der Waals surface area (Å²) in [5.41, 5.74) is 5.69. The molecule has 4 rings (SSSR count). The second-order valence-corrected chi connectivity index (χ2v) is 8.68. The fraction of sp³-hybridized carbons (Fsp3) is 0.217. The van der Waals surface area contributed by atoms with Crippen LogP contribution in [0.15, 0.2) is 53.6 Å². The average Bonchev–Trinajstić information content (AvgIpc) is 3.11. The molecule has 0 aliphatic heterocycles. The maximum Gasteiger partial charge on any atom is 0.230 e. The van der Waals surface area contributed by atoms with Gasteiger partial charge in [-0.05, 0) is 56.2 Å². The van der Waals surface area contributed by atoms with E-state index in [-0.39, 0.29) is 11.7 Å². The molecule has 0 atom stereocenters. The van der Waals surface area contributed by atoms with E-state index in [1.54, 1.807) is 0 Å². The number of halogens is 1. The lowest BCUT2D eigenvalue weighted by Gasteiger charge is -2.07. The first-order chi connectivity index (χ1) is 14.9. The van der Waals surface area contributed by atoms with Gasteiger partial charge < -0.3 is 5.32 Å². The molecule has 1 amide bonds.